The van der Waals surface area contributed by atoms with Crippen molar-refractivity contribution in [1.29, 1.82) is 0 Å². The SMILES string of the molecule is CCOc1cc(C(=O)N(C2CC2)C2CCS(=O)(=O)C2)[nH]n1. The van der Waals surface area contributed by atoms with Crippen LogP contribution in [-0.2, 0) is 9.84 Å². The van der Waals surface area contributed by atoms with Gasteiger partial charge >= 0.3 is 0 Å². The van der Waals surface area contributed by atoms with Gasteiger partial charge in [-0.25, -0.2) is 8.42 Å². The van der Waals surface area contributed by atoms with Gasteiger partial charge in [0.05, 0.1) is 18.1 Å². The average molecular weight is 313 g/mol. The Bertz CT molecular complexity index is 636. The van der Waals surface area contributed by atoms with E-state index >= 15 is 0 Å². The van der Waals surface area contributed by atoms with Gasteiger partial charge in [-0.2, -0.15) is 0 Å². The normalized spacial score (nSPS) is 24.0. The fourth-order valence-electron chi connectivity index (χ4n) is 2.75. The molecule has 2 fully saturated rings. The van der Waals surface area contributed by atoms with Crippen molar-refractivity contribution in [3.63, 3.8) is 0 Å². The number of amides is 1. The summed E-state index contributed by atoms with van der Waals surface area (Å²) >= 11 is 0. The highest BCUT2D eigenvalue weighted by Gasteiger charge is 2.42. The zero-order valence-electron chi connectivity index (χ0n) is 11.9. The van der Waals surface area contributed by atoms with Crippen molar-refractivity contribution < 1.29 is 17.9 Å². The maximum atomic E-state index is 12.6. The first kappa shape index (κ1) is 14.4. The van der Waals surface area contributed by atoms with Crippen LogP contribution in [0.1, 0.15) is 36.7 Å². The van der Waals surface area contributed by atoms with Gasteiger partial charge in [-0.05, 0) is 26.2 Å². The molecule has 3 rings (SSSR count). The minimum absolute atomic E-state index is 0.0711. The van der Waals surface area contributed by atoms with Gasteiger partial charge in [0, 0.05) is 18.2 Å². The van der Waals surface area contributed by atoms with Gasteiger partial charge in [0.1, 0.15) is 5.69 Å². The van der Waals surface area contributed by atoms with E-state index in [4.69, 9.17) is 4.74 Å². The van der Waals surface area contributed by atoms with E-state index in [2.05, 4.69) is 10.2 Å². The fraction of sp³-hybridized carbons (Fsp3) is 0.692. The number of aromatic nitrogens is 2. The minimum atomic E-state index is -3.01. The third kappa shape index (κ3) is 3.04. The lowest BCUT2D eigenvalue weighted by Gasteiger charge is -2.27. The van der Waals surface area contributed by atoms with Crippen LogP contribution in [0.15, 0.2) is 6.07 Å². The van der Waals surface area contributed by atoms with E-state index in [1.165, 1.54) is 0 Å². The quantitative estimate of drug-likeness (QED) is 0.859. The molecule has 21 heavy (non-hydrogen) atoms. The van der Waals surface area contributed by atoms with E-state index in [-0.39, 0.29) is 29.5 Å². The largest absolute Gasteiger partial charge is 0.477 e. The van der Waals surface area contributed by atoms with Gasteiger partial charge < -0.3 is 9.64 Å². The van der Waals surface area contributed by atoms with Crippen LogP contribution in [0.3, 0.4) is 0 Å². The standard InChI is InChI=1S/C13H19N3O4S/c1-2-20-12-7-11(14-15-12)13(17)16(9-3-4-9)10-5-6-21(18,19)8-10/h7,9-10H,2-6,8H2,1H3,(H,14,15). The van der Waals surface area contributed by atoms with E-state index in [9.17, 15) is 13.2 Å². The number of hydrogen-bond acceptors (Lipinski definition) is 5. The summed E-state index contributed by atoms with van der Waals surface area (Å²) in [6.07, 6.45) is 2.40. The van der Waals surface area contributed by atoms with Gasteiger partial charge in [0.25, 0.3) is 5.91 Å². The predicted octanol–water partition coefficient (Wildman–Crippen LogP) is 0.600. The monoisotopic (exact) mass is 313 g/mol. The topological polar surface area (TPSA) is 92.4 Å². The molecule has 7 nitrogen and oxygen atoms in total. The number of rotatable bonds is 5. The first-order valence-electron chi connectivity index (χ1n) is 7.21. The van der Waals surface area contributed by atoms with E-state index in [1.807, 2.05) is 6.92 Å². The highest BCUT2D eigenvalue weighted by molar-refractivity contribution is 7.91. The molecule has 2 aliphatic rings. The third-order valence-electron chi connectivity index (χ3n) is 3.85. The Morgan fingerprint density at radius 3 is 2.76 bits per heavy atom. The maximum Gasteiger partial charge on any atom is 0.272 e. The third-order valence-corrected chi connectivity index (χ3v) is 5.60. The molecule has 0 radical (unpaired) electrons. The van der Waals surface area contributed by atoms with Gasteiger partial charge in [0.2, 0.25) is 5.88 Å². The molecule has 1 saturated heterocycles. The van der Waals surface area contributed by atoms with Crippen molar-refractivity contribution in [2.45, 2.75) is 38.3 Å². The summed E-state index contributed by atoms with van der Waals surface area (Å²) in [5.41, 5.74) is 0.356. The number of hydrogen-bond donors (Lipinski definition) is 1. The highest BCUT2D eigenvalue weighted by atomic mass is 32.2. The Hall–Kier alpha value is -1.57. The van der Waals surface area contributed by atoms with Crippen molar-refractivity contribution in [2.24, 2.45) is 0 Å². The number of nitrogens with zero attached hydrogens (tertiary/aromatic N) is 2. The lowest BCUT2D eigenvalue weighted by molar-refractivity contribution is 0.0674. The smallest absolute Gasteiger partial charge is 0.272 e. The van der Waals surface area contributed by atoms with Crippen molar-refractivity contribution in [2.75, 3.05) is 18.1 Å². The summed E-state index contributed by atoms with van der Waals surface area (Å²) in [6, 6.07) is 1.52. The van der Waals surface area contributed by atoms with Crippen molar-refractivity contribution in [1.82, 2.24) is 15.1 Å². The summed E-state index contributed by atoms with van der Waals surface area (Å²) in [7, 11) is -3.01. The van der Waals surface area contributed by atoms with Gasteiger partial charge in [0.15, 0.2) is 9.84 Å². The van der Waals surface area contributed by atoms with E-state index in [1.54, 1.807) is 11.0 Å². The first-order valence-corrected chi connectivity index (χ1v) is 9.03. The van der Waals surface area contributed by atoms with Crippen LogP contribution in [0.4, 0.5) is 0 Å². The average Bonchev–Trinajstić information content (AvgIpc) is 3.03. The molecule has 0 spiro atoms. The molecule has 2 heterocycles. The molecule has 1 aromatic heterocycles. The summed E-state index contributed by atoms with van der Waals surface area (Å²) < 4.78 is 28.6. The molecule has 1 unspecified atom stereocenters. The van der Waals surface area contributed by atoms with Crippen molar-refractivity contribution in [3.8, 4) is 5.88 Å². The zero-order valence-corrected chi connectivity index (χ0v) is 12.7. The van der Waals surface area contributed by atoms with Crippen LogP contribution < -0.4 is 4.74 Å². The molecule has 0 bridgehead atoms. The molecule has 1 atom stereocenters. The fourth-order valence-corrected chi connectivity index (χ4v) is 4.46. The molecular formula is C13H19N3O4S. The molecule has 1 N–H and O–H groups in total. The Morgan fingerprint density at radius 1 is 1.43 bits per heavy atom. The Kier molecular flexibility index (Phi) is 3.64. The second kappa shape index (κ2) is 5.32. The van der Waals surface area contributed by atoms with Gasteiger partial charge in [-0.1, -0.05) is 0 Å². The van der Waals surface area contributed by atoms with E-state index in [0.29, 0.717) is 24.6 Å². The summed E-state index contributed by atoms with van der Waals surface area (Å²) in [6.45, 7) is 2.32. The summed E-state index contributed by atoms with van der Waals surface area (Å²) in [4.78, 5) is 14.4. The van der Waals surface area contributed by atoms with Crippen LogP contribution >= 0.6 is 0 Å². The number of carbonyl (C=O) groups excluding carboxylic acids is 1. The number of ether oxygens (including phenoxy) is 1. The molecule has 1 amide bonds. The summed E-state index contributed by atoms with van der Waals surface area (Å²) in [5, 5.41) is 6.61. The second-order valence-electron chi connectivity index (χ2n) is 5.55. The van der Waals surface area contributed by atoms with Crippen LogP contribution in [-0.4, -0.2) is 59.6 Å². The van der Waals surface area contributed by atoms with Crippen LogP contribution in [0.2, 0.25) is 0 Å². The van der Waals surface area contributed by atoms with Crippen LogP contribution in [0, 0.1) is 0 Å². The predicted molar refractivity (Wildman–Crippen MR) is 76.0 cm³/mol. The lowest BCUT2D eigenvalue weighted by atomic mass is 10.2. The lowest BCUT2D eigenvalue weighted by Crippen LogP contribution is -2.42. The van der Waals surface area contributed by atoms with Crippen LogP contribution in [0.5, 0.6) is 5.88 Å². The second-order valence-corrected chi connectivity index (χ2v) is 7.78. The number of aromatic amines is 1. The van der Waals surface area contributed by atoms with E-state index in [0.717, 1.165) is 12.8 Å². The Morgan fingerprint density at radius 2 is 2.19 bits per heavy atom. The Balaban J connectivity index is 1.78. The van der Waals surface area contributed by atoms with Crippen molar-refractivity contribution >= 4 is 15.7 Å². The molecule has 8 heteroatoms. The van der Waals surface area contributed by atoms with Gasteiger partial charge in [-0.3, -0.25) is 9.89 Å². The number of carbonyl (C=O) groups is 1. The molecule has 0 aromatic carbocycles. The number of nitrogens with one attached hydrogen (secondary N) is 1. The maximum absolute atomic E-state index is 12.6. The molecule has 1 aliphatic heterocycles. The van der Waals surface area contributed by atoms with Crippen LogP contribution in [0.25, 0.3) is 0 Å². The van der Waals surface area contributed by atoms with E-state index < -0.39 is 9.84 Å². The molecular weight excluding hydrogens is 294 g/mol. The number of sulfone groups is 1. The number of H-pyrrole nitrogens is 1. The molecule has 1 aliphatic carbocycles. The molecule has 1 saturated carbocycles. The van der Waals surface area contributed by atoms with Crippen molar-refractivity contribution in [3.05, 3.63) is 11.8 Å². The first-order chi connectivity index (χ1) is 10.00. The summed E-state index contributed by atoms with van der Waals surface area (Å²) in [5.74, 6) is 0.442. The highest BCUT2D eigenvalue weighted by Crippen LogP contribution is 2.33. The molecule has 1 aromatic rings. The van der Waals surface area contributed by atoms with Gasteiger partial charge in [-0.15, -0.1) is 5.10 Å². The minimum Gasteiger partial charge on any atom is -0.477 e. The zero-order chi connectivity index (χ0) is 15.0. The Labute approximate surface area is 123 Å². The molecule has 116 valence electrons.